The van der Waals surface area contributed by atoms with Crippen molar-refractivity contribution in [2.75, 3.05) is 56.1 Å². The number of esters is 2. The minimum absolute atomic E-state index is 0.0141. The first-order valence-electron chi connectivity index (χ1n) is 27.0. The number of halogens is 5. The van der Waals surface area contributed by atoms with Gasteiger partial charge in [-0.3, -0.25) is 19.4 Å². The van der Waals surface area contributed by atoms with Crippen molar-refractivity contribution in [1.82, 2.24) is 25.3 Å². The first-order chi connectivity index (χ1) is 41.1. The molecule has 22 heteroatoms. The molecule has 2 N–H and O–H groups in total. The van der Waals surface area contributed by atoms with Gasteiger partial charge in [-0.1, -0.05) is 103 Å². The highest BCUT2D eigenvalue weighted by atomic mass is 19.4. The van der Waals surface area contributed by atoms with Crippen molar-refractivity contribution in [3.05, 3.63) is 225 Å². The predicted octanol–water partition coefficient (Wildman–Crippen LogP) is 10.4. The van der Waals surface area contributed by atoms with Gasteiger partial charge in [0.25, 0.3) is 5.92 Å². The highest BCUT2D eigenvalue weighted by Crippen LogP contribution is 2.43. The van der Waals surface area contributed by atoms with E-state index in [0.29, 0.717) is 23.6 Å². The third-order valence-corrected chi connectivity index (χ3v) is 14.4. The lowest BCUT2D eigenvalue weighted by Gasteiger charge is -2.42. The molecule has 0 saturated heterocycles. The molecule has 0 aromatic heterocycles. The zero-order chi connectivity index (χ0) is 61.9. The average molecular weight is 1180 g/mol. The molecule has 0 radical (unpaired) electrons. The summed E-state index contributed by atoms with van der Waals surface area (Å²) in [6, 6.07) is 38.1. The third-order valence-electron chi connectivity index (χ3n) is 14.4. The molecule has 2 atom stereocenters. The zero-order valence-electron chi connectivity index (χ0n) is 47.1. The van der Waals surface area contributed by atoms with Crippen molar-refractivity contribution >= 4 is 47.2 Å². The fourth-order valence-corrected chi connectivity index (χ4v) is 9.98. The number of alkyl halides is 5. The number of allylic oxidation sites excluding steroid dienone is 2. The number of nitrogens with one attached hydrogen (secondary N) is 2. The Balaban J connectivity index is 0.984. The van der Waals surface area contributed by atoms with Crippen LogP contribution in [0.4, 0.5) is 42.9 Å². The molecule has 0 bridgehead atoms. The number of benzene rings is 6. The standard InChI is InChI=1S/C64H58F5N9O8/c1-41-55(59(81)85-39-45-13-7-5-8-14-45)57(47-25-21-43(35-70)22-26-47)75(61(83)77(41)51-19-11-17-49(33-51)63(3,65)66)37-53(79)72-29-31-74(4)32-30-73-54(80)38-76-58(48-27-23-44(36-71)24-28-48)56(60(82)86-40-46-15-9-6-10-16-46)42(2)78(62(76)84)52-20-12-18-50(34-52)64(67,68)69/h5-28,33-34,57-58H,29-32,37-40H2,1-4H3,(H,72,79)(H,73,80)/t57-,58-/m1/s1. The summed E-state index contributed by atoms with van der Waals surface area (Å²) >= 11 is 0. The summed E-state index contributed by atoms with van der Waals surface area (Å²) < 4.78 is 83.4. The molecule has 0 saturated carbocycles. The number of nitriles is 2. The minimum Gasteiger partial charge on any atom is -0.457 e. The minimum atomic E-state index is -4.81. The van der Waals surface area contributed by atoms with E-state index in [9.17, 15) is 61.2 Å². The number of likely N-dealkylation sites (N-methyl/N-ethyl adjacent to an activating group) is 1. The number of nitrogens with zero attached hydrogens (tertiary/aromatic N) is 7. The average Bonchev–Trinajstić information content (AvgIpc) is 0.816. The summed E-state index contributed by atoms with van der Waals surface area (Å²) in [5.41, 5.74) is 0.396. The maximum Gasteiger partial charge on any atom is 0.416 e. The quantitative estimate of drug-likeness (QED) is 0.0512. The van der Waals surface area contributed by atoms with Crippen LogP contribution in [0, 0.1) is 22.7 Å². The van der Waals surface area contributed by atoms with Crippen molar-refractivity contribution in [2.45, 2.75) is 58.2 Å². The van der Waals surface area contributed by atoms with Gasteiger partial charge in [0.1, 0.15) is 26.3 Å². The molecule has 0 aliphatic carbocycles. The number of anilines is 2. The van der Waals surface area contributed by atoms with Crippen LogP contribution in [-0.2, 0) is 54.0 Å². The van der Waals surface area contributed by atoms with Crippen molar-refractivity contribution in [3.63, 3.8) is 0 Å². The smallest absolute Gasteiger partial charge is 0.416 e. The second-order valence-electron chi connectivity index (χ2n) is 20.4. The number of carbonyl (C=O) groups is 6. The van der Waals surface area contributed by atoms with Gasteiger partial charge >= 0.3 is 30.2 Å². The van der Waals surface area contributed by atoms with Crippen LogP contribution >= 0.6 is 0 Å². The molecule has 2 aliphatic rings. The molecule has 0 fully saturated rings. The fraction of sp³-hybridized carbons (Fsp3) is 0.250. The molecular formula is C64H58F5N9O8. The monoisotopic (exact) mass is 1180 g/mol. The Hall–Kier alpha value is -10.2. The van der Waals surface area contributed by atoms with Crippen LogP contribution in [-0.4, -0.2) is 96.8 Å². The van der Waals surface area contributed by atoms with Gasteiger partial charge in [-0.15, -0.1) is 0 Å². The Labute approximate surface area is 492 Å². The van der Waals surface area contributed by atoms with E-state index >= 15 is 0 Å². The van der Waals surface area contributed by atoms with E-state index < -0.39 is 84.2 Å². The highest BCUT2D eigenvalue weighted by Gasteiger charge is 2.46. The van der Waals surface area contributed by atoms with Crippen molar-refractivity contribution in [1.29, 1.82) is 10.5 Å². The number of rotatable bonds is 21. The molecule has 6 amide bonds. The molecule has 2 aliphatic heterocycles. The third kappa shape index (κ3) is 14.6. The molecule has 0 spiro atoms. The maximum atomic E-state index is 14.9. The lowest BCUT2D eigenvalue weighted by Crippen LogP contribution is -2.54. The number of urea groups is 2. The largest absolute Gasteiger partial charge is 0.457 e. The second-order valence-corrected chi connectivity index (χ2v) is 20.4. The summed E-state index contributed by atoms with van der Waals surface area (Å²) in [6.45, 7) is 2.10. The fourth-order valence-electron chi connectivity index (χ4n) is 9.98. The molecule has 6 aromatic rings. The van der Waals surface area contributed by atoms with Gasteiger partial charge in [0.2, 0.25) is 11.8 Å². The van der Waals surface area contributed by atoms with Gasteiger partial charge in [0, 0.05) is 50.1 Å². The van der Waals surface area contributed by atoms with Crippen LogP contribution in [0.3, 0.4) is 0 Å². The van der Waals surface area contributed by atoms with Gasteiger partial charge in [0.15, 0.2) is 0 Å². The van der Waals surface area contributed by atoms with E-state index in [1.54, 1.807) is 72.6 Å². The van der Waals surface area contributed by atoms with Crippen LogP contribution in [0.5, 0.6) is 0 Å². The summed E-state index contributed by atoms with van der Waals surface area (Å²) in [5.74, 6) is -6.51. The normalized spacial score (nSPS) is 15.5. The summed E-state index contributed by atoms with van der Waals surface area (Å²) in [7, 11) is 1.68. The van der Waals surface area contributed by atoms with E-state index in [1.165, 1.54) is 86.6 Å². The summed E-state index contributed by atoms with van der Waals surface area (Å²) in [6.07, 6.45) is -4.81. The first-order valence-corrected chi connectivity index (χ1v) is 27.0. The number of amides is 6. The summed E-state index contributed by atoms with van der Waals surface area (Å²) in [5, 5.41) is 24.7. The molecule has 0 unspecified atom stereocenters. The lowest BCUT2D eigenvalue weighted by atomic mass is 9.92. The van der Waals surface area contributed by atoms with E-state index in [2.05, 4.69) is 10.6 Å². The van der Waals surface area contributed by atoms with Crippen LogP contribution in [0.25, 0.3) is 0 Å². The van der Waals surface area contributed by atoms with Gasteiger partial charge < -0.3 is 34.8 Å². The summed E-state index contributed by atoms with van der Waals surface area (Å²) in [4.78, 5) is 92.4. The van der Waals surface area contributed by atoms with Crippen LogP contribution < -0.4 is 20.4 Å². The number of ether oxygens (including phenoxy) is 2. The van der Waals surface area contributed by atoms with E-state index in [1.807, 2.05) is 12.1 Å². The first kappa shape index (κ1) is 61.9. The number of hydrogen-bond donors (Lipinski definition) is 2. The van der Waals surface area contributed by atoms with E-state index in [-0.39, 0.29) is 90.0 Å². The number of carbonyl (C=O) groups excluding carboxylic acids is 6. The van der Waals surface area contributed by atoms with Crippen molar-refractivity contribution in [3.8, 4) is 12.1 Å². The van der Waals surface area contributed by atoms with Gasteiger partial charge in [-0.2, -0.15) is 23.7 Å². The molecule has 2 heterocycles. The SMILES string of the molecule is CC1=C(C(=O)OCc2ccccc2)[C@@H](c2ccc(C#N)cc2)N(CC(=O)NCCN(C)CCNC(=O)CN2C(=O)N(c3cccc(C(F)(F)F)c3)C(C)=C(C(=O)OCc3ccccc3)[C@H]2c2ccc(C#N)cc2)C(=O)N1c1cccc(C(C)(F)F)c1. The topological polar surface area (TPSA) is 209 Å². The molecule has 442 valence electrons. The maximum absolute atomic E-state index is 14.9. The Morgan fingerprint density at radius 1 is 0.558 bits per heavy atom. The Morgan fingerprint density at radius 2 is 0.942 bits per heavy atom. The van der Waals surface area contributed by atoms with Crippen LogP contribution in [0.1, 0.15) is 77.4 Å². The highest BCUT2D eigenvalue weighted by molar-refractivity contribution is 6.06. The van der Waals surface area contributed by atoms with Gasteiger partial charge in [-0.25, -0.2) is 28.0 Å². The van der Waals surface area contributed by atoms with E-state index in [4.69, 9.17) is 9.47 Å². The lowest BCUT2D eigenvalue weighted by molar-refractivity contribution is -0.142. The van der Waals surface area contributed by atoms with Crippen molar-refractivity contribution in [2.24, 2.45) is 0 Å². The zero-order valence-corrected chi connectivity index (χ0v) is 47.1. The molecule has 86 heavy (non-hydrogen) atoms. The van der Waals surface area contributed by atoms with E-state index in [0.717, 1.165) is 43.9 Å². The Morgan fingerprint density at radius 3 is 1.31 bits per heavy atom. The van der Waals surface area contributed by atoms with Crippen LogP contribution in [0.15, 0.2) is 180 Å². The van der Waals surface area contributed by atoms with Gasteiger partial charge in [-0.05, 0) is 97.7 Å². The molecule has 17 nitrogen and oxygen atoms in total. The molecular weight excluding hydrogens is 1120 g/mol. The van der Waals surface area contributed by atoms with Crippen LogP contribution in [0.2, 0.25) is 0 Å². The molecule has 8 rings (SSSR count). The predicted molar refractivity (Wildman–Crippen MR) is 306 cm³/mol. The molecule has 6 aromatic carbocycles. The Bertz CT molecular complexity index is 3420. The van der Waals surface area contributed by atoms with Crippen molar-refractivity contribution < 1.29 is 60.2 Å². The number of hydrogen-bond acceptors (Lipinski definition) is 11. The van der Waals surface area contributed by atoms with Gasteiger partial charge in [0.05, 0.1) is 63.4 Å². The second kappa shape index (κ2) is 27.0. The Kier molecular flexibility index (Phi) is 19.4.